The van der Waals surface area contributed by atoms with Gasteiger partial charge in [0.2, 0.25) is 0 Å². The molecular formula is C15H25NO. The third kappa shape index (κ3) is 5.22. The molecule has 2 nitrogen and oxygen atoms in total. The molecule has 0 aromatic heterocycles. The van der Waals surface area contributed by atoms with Crippen LogP contribution in [0.3, 0.4) is 0 Å². The Kier molecular flexibility index (Phi) is 6.06. The molecule has 2 heteroatoms. The van der Waals surface area contributed by atoms with Gasteiger partial charge in [-0.2, -0.15) is 0 Å². The smallest absolute Gasteiger partial charge is 0.115 e. The summed E-state index contributed by atoms with van der Waals surface area (Å²) in [6.45, 7) is 6.71. The number of hydrogen-bond acceptors (Lipinski definition) is 2. The quantitative estimate of drug-likeness (QED) is 0.758. The Morgan fingerprint density at radius 3 is 2.24 bits per heavy atom. The highest BCUT2D eigenvalue weighted by atomic mass is 16.3. The Bertz CT molecular complexity index is 303. The van der Waals surface area contributed by atoms with Gasteiger partial charge in [-0.05, 0) is 50.3 Å². The van der Waals surface area contributed by atoms with Gasteiger partial charge in [0.15, 0.2) is 0 Å². The normalized spacial score (nSPS) is 12.9. The van der Waals surface area contributed by atoms with Crippen LogP contribution >= 0.6 is 0 Å². The van der Waals surface area contributed by atoms with E-state index < -0.39 is 0 Å². The van der Waals surface area contributed by atoms with Crippen molar-refractivity contribution in [3.8, 4) is 5.75 Å². The van der Waals surface area contributed by atoms with Gasteiger partial charge < -0.3 is 10.4 Å². The van der Waals surface area contributed by atoms with E-state index in [-0.39, 0.29) is 0 Å². The van der Waals surface area contributed by atoms with Gasteiger partial charge >= 0.3 is 0 Å². The molecule has 17 heavy (non-hydrogen) atoms. The second-order valence-electron chi connectivity index (χ2n) is 4.79. The SMILES string of the molecule is CCC(CC)NC(C)CCc1ccc(O)cc1. The summed E-state index contributed by atoms with van der Waals surface area (Å²) in [6, 6.07) is 8.71. The zero-order chi connectivity index (χ0) is 12.7. The lowest BCUT2D eigenvalue weighted by Crippen LogP contribution is -2.35. The summed E-state index contributed by atoms with van der Waals surface area (Å²) in [5.41, 5.74) is 1.29. The molecule has 2 N–H and O–H groups in total. The topological polar surface area (TPSA) is 32.3 Å². The van der Waals surface area contributed by atoms with E-state index >= 15 is 0 Å². The van der Waals surface area contributed by atoms with Gasteiger partial charge in [0.1, 0.15) is 5.75 Å². The van der Waals surface area contributed by atoms with Crippen molar-refractivity contribution >= 4 is 0 Å². The van der Waals surface area contributed by atoms with Gasteiger partial charge in [-0.3, -0.25) is 0 Å². The van der Waals surface area contributed by atoms with Crippen molar-refractivity contribution in [2.24, 2.45) is 0 Å². The zero-order valence-electron chi connectivity index (χ0n) is 11.2. The summed E-state index contributed by atoms with van der Waals surface area (Å²) in [4.78, 5) is 0. The lowest BCUT2D eigenvalue weighted by molar-refractivity contribution is 0.409. The molecule has 0 amide bonds. The van der Waals surface area contributed by atoms with Crippen LogP contribution in [0.25, 0.3) is 0 Å². The molecule has 0 spiro atoms. The van der Waals surface area contributed by atoms with Crippen LogP contribution < -0.4 is 5.32 Å². The van der Waals surface area contributed by atoms with Crippen LogP contribution in [0.5, 0.6) is 5.75 Å². The minimum absolute atomic E-state index is 0.344. The molecule has 0 aliphatic rings. The zero-order valence-corrected chi connectivity index (χ0v) is 11.2. The first-order valence-corrected chi connectivity index (χ1v) is 6.69. The van der Waals surface area contributed by atoms with E-state index in [1.54, 1.807) is 12.1 Å². The van der Waals surface area contributed by atoms with E-state index in [0.29, 0.717) is 17.8 Å². The standard InChI is InChI=1S/C15H25NO/c1-4-14(5-2)16-12(3)6-7-13-8-10-15(17)11-9-13/h8-12,14,16-17H,4-7H2,1-3H3. The van der Waals surface area contributed by atoms with Crippen LogP contribution in [0.2, 0.25) is 0 Å². The van der Waals surface area contributed by atoms with Crippen LogP contribution in [-0.2, 0) is 6.42 Å². The predicted molar refractivity (Wildman–Crippen MR) is 73.4 cm³/mol. The number of phenols is 1. The molecule has 0 heterocycles. The van der Waals surface area contributed by atoms with Gasteiger partial charge in [0.05, 0.1) is 0 Å². The van der Waals surface area contributed by atoms with E-state index in [4.69, 9.17) is 0 Å². The summed E-state index contributed by atoms with van der Waals surface area (Å²) in [5.74, 6) is 0.344. The minimum Gasteiger partial charge on any atom is -0.508 e. The van der Waals surface area contributed by atoms with Crippen molar-refractivity contribution in [2.45, 2.75) is 58.5 Å². The van der Waals surface area contributed by atoms with Crippen LogP contribution in [0.15, 0.2) is 24.3 Å². The maximum absolute atomic E-state index is 9.20. The first-order chi connectivity index (χ1) is 8.15. The third-order valence-corrected chi connectivity index (χ3v) is 3.31. The van der Waals surface area contributed by atoms with Crippen molar-refractivity contribution < 1.29 is 5.11 Å². The highest BCUT2D eigenvalue weighted by molar-refractivity contribution is 5.25. The fourth-order valence-corrected chi connectivity index (χ4v) is 2.06. The maximum atomic E-state index is 9.20. The largest absolute Gasteiger partial charge is 0.508 e. The fraction of sp³-hybridized carbons (Fsp3) is 0.600. The summed E-state index contributed by atoms with van der Waals surface area (Å²) in [7, 11) is 0. The summed E-state index contributed by atoms with van der Waals surface area (Å²) >= 11 is 0. The Hall–Kier alpha value is -1.02. The molecule has 0 aliphatic carbocycles. The van der Waals surface area contributed by atoms with Gasteiger partial charge in [0, 0.05) is 12.1 Å². The van der Waals surface area contributed by atoms with Crippen molar-refractivity contribution in [3.05, 3.63) is 29.8 Å². The van der Waals surface area contributed by atoms with Crippen molar-refractivity contribution in [3.63, 3.8) is 0 Å². The number of hydrogen-bond donors (Lipinski definition) is 2. The third-order valence-electron chi connectivity index (χ3n) is 3.31. The summed E-state index contributed by atoms with van der Waals surface area (Å²) in [5, 5.41) is 12.9. The molecular weight excluding hydrogens is 210 g/mol. The van der Waals surface area contributed by atoms with E-state index in [1.807, 2.05) is 12.1 Å². The van der Waals surface area contributed by atoms with Crippen LogP contribution in [0, 0.1) is 0 Å². The maximum Gasteiger partial charge on any atom is 0.115 e. The molecule has 0 radical (unpaired) electrons. The van der Waals surface area contributed by atoms with E-state index in [1.165, 1.54) is 18.4 Å². The molecule has 1 aromatic rings. The van der Waals surface area contributed by atoms with Crippen molar-refractivity contribution in [1.29, 1.82) is 0 Å². The number of aromatic hydroxyl groups is 1. The molecule has 1 rings (SSSR count). The average Bonchev–Trinajstić information content (AvgIpc) is 2.35. The van der Waals surface area contributed by atoms with E-state index in [2.05, 4.69) is 26.1 Å². The molecule has 0 bridgehead atoms. The number of benzene rings is 1. The molecule has 96 valence electrons. The number of phenolic OH excluding ortho intramolecular Hbond substituents is 1. The molecule has 1 atom stereocenters. The van der Waals surface area contributed by atoms with Crippen LogP contribution in [0.4, 0.5) is 0 Å². The highest BCUT2D eigenvalue weighted by Gasteiger charge is 2.08. The Morgan fingerprint density at radius 1 is 1.12 bits per heavy atom. The van der Waals surface area contributed by atoms with E-state index in [9.17, 15) is 5.11 Å². The van der Waals surface area contributed by atoms with Gasteiger partial charge in [-0.1, -0.05) is 26.0 Å². The highest BCUT2D eigenvalue weighted by Crippen LogP contribution is 2.12. The average molecular weight is 235 g/mol. The van der Waals surface area contributed by atoms with Crippen LogP contribution in [0.1, 0.15) is 45.6 Å². The van der Waals surface area contributed by atoms with Gasteiger partial charge in [0.25, 0.3) is 0 Å². The monoisotopic (exact) mass is 235 g/mol. The number of aryl methyl sites for hydroxylation is 1. The van der Waals surface area contributed by atoms with Gasteiger partial charge in [-0.15, -0.1) is 0 Å². The second-order valence-corrected chi connectivity index (χ2v) is 4.79. The first-order valence-electron chi connectivity index (χ1n) is 6.69. The Labute approximate surface area is 105 Å². The fourth-order valence-electron chi connectivity index (χ4n) is 2.06. The minimum atomic E-state index is 0.344. The molecule has 1 unspecified atom stereocenters. The Morgan fingerprint density at radius 2 is 1.71 bits per heavy atom. The lowest BCUT2D eigenvalue weighted by Gasteiger charge is -2.21. The molecule has 0 saturated heterocycles. The van der Waals surface area contributed by atoms with Crippen LogP contribution in [-0.4, -0.2) is 17.2 Å². The lowest BCUT2D eigenvalue weighted by atomic mass is 10.0. The molecule has 0 aliphatic heterocycles. The molecule has 0 saturated carbocycles. The summed E-state index contributed by atoms with van der Waals surface area (Å²) < 4.78 is 0. The second kappa shape index (κ2) is 7.33. The number of nitrogens with one attached hydrogen (secondary N) is 1. The predicted octanol–water partition coefficient (Wildman–Crippen LogP) is 3.49. The Balaban J connectivity index is 2.32. The molecule has 0 fully saturated rings. The molecule has 1 aromatic carbocycles. The van der Waals surface area contributed by atoms with E-state index in [0.717, 1.165) is 12.8 Å². The number of rotatable bonds is 7. The van der Waals surface area contributed by atoms with Crippen molar-refractivity contribution in [1.82, 2.24) is 5.32 Å². The summed E-state index contributed by atoms with van der Waals surface area (Å²) in [6.07, 6.45) is 4.59. The van der Waals surface area contributed by atoms with Gasteiger partial charge in [-0.25, -0.2) is 0 Å². The first kappa shape index (κ1) is 14.0. The van der Waals surface area contributed by atoms with Crippen molar-refractivity contribution in [2.75, 3.05) is 0 Å².